The number of carbonyl (C=O) groups is 1. The van der Waals surface area contributed by atoms with Crippen molar-refractivity contribution in [3.05, 3.63) is 30.1 Å². The van der Waals surface area contributed by atoms with E-state index in [1.54, 1.807) is 12.4 Å². The normalized spacial score (nSPS) is 22.7. The molecule has 0 aromatic carbocycles. The van der Waals surface area contributed by atoms with Crippen LogP contribution in [0.3, 0.4) is 0 Å². The Morgan fingerprint density at radius 1 is 1.28 bits per heavy atom. The molecule has 3 rings (SSSR count). The zero-order valence-corrected chi connectivity index (χ0v) is 10.6. The van der Waals surface area contributed by atoms with E-state index in [-0.39, 0.29) is 5.41 Å². The first-order chi connectivity index (χ1) is 8.77. The molecule has 1 aromatic rings. The minimum Gasteiger partial charge on any atom is -0.338 e. The summed E-state index contributed by atoms with van der Waals surface area (Å²) in [6, 6.07) is 3.97. The van der Waals surface area contributed by atoms with Gasteiger partial charge in [-0.15, -0.1) is 0 Å². The van der Waals surface area contributed by atoms with Crippen LogP contribution in [-0.4, -0.2) is 35.4 Å². The number of hydrogen-bond donors (Lipinski definition) is 1. The lowest BCUT2D eigenvalue weighted by Crippen LogP contribution is -2.38. The topological polar surface area (TPSA) is 45.2 Å². The van der Waals surface area contributed by atoms with Gasteiger partial charge in [-0.3, -0.25) is 9.78 Å². The first-order valence-corrected chi connectivity index (χ1v) is 6.65. The van der Waals surface area contributed by atoms with Crippen molar-refractivity contribution in [2.24, 2.45) is 5.41 Å². The van der Waals surface area contributed by atoms with E-state index in [0.29, 0.717) is 5.91 Å². The van der Waals surface area contributed by atoms with Crippen LogP contribution in [0.25, 0.3) is 0 Å². The molecule has 1 amide bonds. The van der Waals surface area contributed by atoms with Crippen molar-refractivity contribution in [3.8, 4) is 0 Å². The van der Waals surface area contributed by atoms with Gasteiger partial charge in [0.2, 0.25) is 5.91 Å². The molecule has 1 aromatic heterocycles. The van der Waals surface area contributed by atoms with E-state index >= 15 is 0 Å². The maximum atomic E-state index is 12.1. The molecule has 1 spiro atoms. The fourth-order valence-electron chi connectivity index (χ4n) is 3.13. The maximum Gasteiger partial charge on any atom is 0.223 e. The van der Waals surface area contributed by atoms with Crippen molar-refractivity contribution < 1.29 is 4.79 Å². The Morgan fingerprint density at radius 2 is 2.00 bits per heavy atom. The van der Waals surface area contributed by atoms with Crippen LogP contribution in [0.1, 0.15) is 24.8 Å². The zero-order valence-electron chi connectivity index (χ0n) is 10.6. The fourth-order valence-corrected chi connectivity index (χ4v) is 3.13. The molecular formula is C14H19N3O. The molecule has 4 nitrogen and oxygen atoms in total. The Hall–Kier alpha value is -1.42. The fraction of sp³-hybridized carbons (Fsp3) is 0.571. The number of rotatable bonds is 2. The number of nitrogens with one attached hydrogen (secondary N) is 1. The van der Waals surface area contributed by atoms with Gasteiger partial charge < -0.3 is 10.2 Å². The third kappa shape index (κ3) is 2.25. The van der Waals surface area contributed by atoms with E-state index in [9.17, 15) is 4.79 Å². The molecular weight excluding hydrogens is 226 g/mol. The van der Waals surface area contributed by atoms with Gasteiger partial charge in [-0.2, -0.15) is 0 Å². The summed E-state index contributed by atoms with van der Waals surface area (Å²) in [4.78, 5) is 18.2. The second kappa shape index (κ2) is 4.69. The van der Waals surface area contributed by atoms with Gasteiger partial charge in [-0.05, 0) is 49.0 Å². The molecule has 2 aliphatic heterocycles. The lowest BCUT2D eigenvalue weighted by Gasteiger charge is -2.33. The first-order valence-electron chi connectivity index (χ1n) is 6.65. The molecule has 0 aliphatic carbocycles. The van der Waals surface area contributed by atoms with Crippen LogP contribution >= 0.6 is 0 Å². The molecule has 2 fully saturated rings. The van der Waals surface area contributed by atoms with Gasteiger partial charge in [0.05, 0.1) is 0 Å². The van der Waals surface area contributed by atoms with E-state index in [1.807, 2.05) is 17.0 Å². The summed E-state index contributed by atoms with van der Waals surface area (Å²) < 4.78 is 0. The largest absolute Gasteiger partial charge is 0.338 e. The Balaban J connectivity index is 1.69. The van der Waals surface area contributed by atoms with E-state index in [2.05, 4.69) is 10.3 Å². The highest BCUT2D eigenvalue weighted by atomic mass is 16.2. The molecule has 3 heterocycles. The summed E-state index contributed by atoms with van der Waals surface area (Å²) in [5.74, 6) is 0.314. The van der Waals surface area contributed by atoms with Gasteiger partial charge >= 0.3 is 0 Å². The van der Waals surface area contributed by atoms with Crippen molar-refractivity contribution >= 4 is 5.91 Å². The number of nitrogens with zero attached hydrogens (tertiary/aromatic N) is 2. The van der Waals surface area contributed by atoms with Crippen LogP contribution < -0.4 is 5.32 Å². The third-order valence-electron chi connectivity index (χ3n) is 4.19. The van der Waals surface area contributed by atoms with E-state index in [1.165, 1.54) is 5.56 Å². The Labute approximate surface area is 107 Å². The molecule has 1 N–H and O–H groups in total. The molecule has 0 radical (unpaired) electrons. The molecule has 0 saturated carbocycles. The summed E-state index contributed by atoms with van der Waals surface area (Å²) in [5, 5.41) is 3.38. The van der Waals surface area contributed by atoms with Crippen molar-refractivity contribution in [2.75, 3.05) is 19.6 Å². The predicted octanol–water partition coefficient (Wildman–Crippen LogP) is 1.18. The molecule has 0 bridgehead atoms. The summed E-state index contributed by atoms with van der Waals surface area (Å²) in [6.07, 6.45) is 6.57. The Bertz CT molecular complexity index is 426. The number of likely N-dealkylation sites (tertiary alicyclic amines) is 1. The van der Waals surface area contributed by atoms with Crippen molar-refractivity contribution in [1.82, 2.24) is 15.2 Å². The molecule has 0 atom stereocenters. The first kappa shape index (κ1) is 11.7. The average molecular weight is 245 g/mol. The van der Waals surface area contributed by atoms with E-state index in [0.717, 1.165) is 45.4 Å². The van der Waals surface area contributed by atoms with E-state index in [4.69, 9.17) is 0 Å². The van der Waals surface area contributed by atoms with Crippen LogP contribution in [0.2, 0.25) is 0 Å². The number of hydrogen-bond acceptors (Lipinski definition) is 3. The quantitative estimate of drug-likeness (QED) is 0.851. The van der Waals surface area contributed by atoms with Gasteiger partial charge in [0.25, 0.3) is 0 Å². The van der Waals surface area contributed by atoms with E-state index < -0.39 is 0 Å². The van der Waals surface area contributed by atoms with Crippen LogP contribution in [0.4, 0.5) is 0 Å². The number of pyridine rings is 1. The van der Waals surface area contributed by atoms with Crippen LogP contribution in [0.15, 0.2) is 24.5 Å². The standard InChI is InChI=1S/C14H19N3O/c18-13-9-14(3-7-16-8-4-14)11-17(13)10-12-1-5-15-6-2-12/h1-2,5-6,16H,3-4,7-11H2. The molecule has 2 aliphatic rings. The van der Waals surface area contributed by atoms with Crippen molar-refractivity contribution in [3.63, 3.8) is 0 Å². The highest BCUT2D eigenvalue weighted by Crippen LogP contribution is 2.39. The zero-order chi connectivity index (χ0) is 12.4. The van der Waals surface area contributed by atoms with Crippen molar-refractivity contribution in [1.29, 1.82) is 0 Å². The average Bonchev–Trinajstić information content (AvgIpc) is 2.68. The van der Waals surface area contributed by atoms with Gasteiger partial charge in [-0.1, -0.05) is 0 Å². The summed E-state index contributed by atoms with van der Waals surface area (Å²) in [6.45, 7) is 3.76. The lowest BCUT2D eigenvalue weighted by molar-refractivity contribution is -0.128. The summed E-state index contributed by atoms with van der Waals surface area (Å²) >= 11 is 0. The van der Waals surface area contributed by atoms with Gasteiger partial charge in [-0.25, -0.2) is 0 Å². The van der Waals surface area contributed by atoms with Crippen LogP contribution in [0.5, 0.6) is 0 Å². The summed E-state index contributed by atoms with van der Waals surface area (Å²) in [7, 11) is 0. The second-order valence-electron chi connectivity index (χ2n) is 5.53. The lowest BCUT2D eigenvalue weighted by atomic mass is 9.78. The highest BCUT2D eigenvalue weighted by Gasteiger charge is 2.43. The maximum absolute atomic E-state index is 12.1. The van der Waals surface area contributed by atoms with Gasteiger partial charge in [0, 0.05) is 31.9 Å². The molecule has 2 saturated heterocycles. The molecule has 18 heavy (non-hydrogen) atoms. The van der Waals surface area contributed by atoms with Crippen molar-refractivity contribution in [2.45, 2.75) is 25.8 Å². The monoisotopic (exact) mass is 245 g/mol. The third-order valence-corrected chi connectivity index (χ3v) is 4.19. The Kier molecular flexibility index (Phi) is 3.04. The predicted molar refractivity (Wildman–Crippen MR) is 68.8 cm³/mol. The molecule has 4 heteroatoms. The second-order valence-corrected chi connectivity index (χ2v) is 5.53. The van der Waals surface area contributed by atoms with Crippen LogP contribution in [-0.2, 0) is 11.3 Å². The number of aromatic nitrogens is 1. The minimum absolute atomic E-state index is 0.245. The highest BCUT2D eigenvalue weighted by molar-refractivity contribution is 5.79. The summed E-state index contributed by atoms with van der Waals surface area (Å²) in [5.41, 5.74) is 1.42. The van der Waals surface area contributed by atoms with Crippen LogP contribution in [0, 0.1) is 5.41 Å². The number of piperidine rings is 1. The van der Waals surface area contributed by atoms with Gasteiger partial charge in [0.15, 0.2) is 0 Å². The minimum atomic E-state index is 0.245. The van der Waals surface area contributed by atoms with Gasteiger partial charge in [0.1, 0.15) is 0 Å². The number of amides is 1. The number of carbonyl (C=O) groups excluding carboxylic acids is 1. The molecule has 96 valence electrons. The Morgan fingerprint density at radius 3 is 2.72 bits per heavy atom. The smallest absolute Gasteiger partial charge is 0.223 e. The molecule has 0 unspecified atom stereocenters. The SMILES string of the molecule is O=C1CC2(CCNCC2)CN1Cc1ccncc1.